The quantitative estimate of drug-likeness (QED) is 0.908. The van der Waals surface area contributed by atoms with Crippen LogP contribution < -0.4 is 4.74 Å². The minimum atomic E-state index is -0.606. The van der Waals surface area contributed by atoms with Crippen molar-refractivity contribution in [2.24, 2.45) is 0 Å². The first kappa shape index (κ1) is 12.4. The Bertz CT molecular complexity index is 434. The van der Waals surface area contributed by atoms with Crippen molar-refractivity contribution in [1.82, 2.24) is 0 Å². The summed E-state index contributed by atoms with van der Waals surface area (Å²) < 4.78 is 5.39. The van der Waals surface area contributed by atoms with Crippen molar-refractivity contribution in [3.8, 4) is 5.75 Å². The maximum Gasteiger partial charge on any atom is 0.124 e. The molecule has 0 spiro atoms. The first-order valence-corrected chi connectivity index (χ1v) is 7.87. The van der Waals surface area contributed by atoms with Gasteiger partial charge in [-0.05, 0) is 60.8 Å². The SMILES string of the molecule is COc1ccc(C2CCSCC2)cc1C1(O)CC1. The molecule has 1 saturated heterocycles. The second-order valence-corrected chi connectivity index (χ2v) is 6.60. The van der Waals surface area contributed by atoms with Crippen LogP contribution in [0.1, 0.15) is 42.7 Å². The molecule has 1 aliphatic carbocycles. The monoisotopic (exact) mass is 264 g/mol. The van der Waals surface area contributed by atoms with Crippen LogP contribution in [-0.4, -0.2) is 23.7 Å². The molecular formula is C15H20O2S. The highest BCUT2D eigenvalue weighted by Crippen LogP contribution is 2.49. The van der Waals surface area contributed by atoms with E-state index in [1.807, 2.05) is 17.8 Å². The van der Waals surface area contributed by atoms with Crippen molar-refractivity contribution in [3.63, 3.8) is 0 Å². The van der Waals surface area contributed by atoms with Crippen molar-refractivity contribution in [1.29, 1.82) is 0 Å². The standard InChI is InChI=1S/C15H20O2S/c1-17-14-3-2-12(11-4-8-18-9-5-11)10-13(14)15(16)6-7-15/h2-3,10-11,16H,4-9H2,1H3. The number of ether oxygens (including phenoxy) is 1. The number of aliphatic hydroxyl groups is 1. The number of rotatable bonds is 3. The molecule has 18 heavy (non-hydrogen) atoms. The van der Waals surface area contributed by atoms with Gasteiger partial charge in [0, 0.05) is 5.56 Å². The topological polar surface area (TPSA) is 29.5 Å². The van der Waals surface area contributed by atoms with E-state index < -0.39 is 5.60 Å². The maximum atomic E-state index is 10.4. The van der Waals surface area contributed by atoms with Gasteiger partial charge in [0.05, 0.1) is 12.7 Å². The molecule has 2 fully saturated rings. The van der Waals surface area contributed by atoms with Crippen LogP contribution in [0.4, 0.5) is 0 Å². The van der Waals surface area contributed by atoms with Crippen molar-refractivity contribution < 1.29 is 9.84 Å². The molecular weight excluding hydrogens is 244 g/mol. The summed E-state index contributed by atoms with van der Waals surface area (Å²) in [7, 11) is 1.68. The second-order valence-electron chi connectivity index (χ2n) is 5.38. The largest absolute Gasteiger partial charge is 0.496 e. The molecule has 0 unspecified atom stereocenters. The van der Waals surface area contributed by atoms with Crippen molar-refractivity contribution in [2.45, 2.75) is 37.2 Å². The number of benzene rings is 1. The van der Waals surface area contributed by atoms with E-state index >= 15 is 0 Å². The van der Waals surface area contributed by atoms with Crippen LogP contribution in [-0.2, 0) is 5.60 Å². The highest BCUT2D eigenvalue weighted by Gasteiger charge is 2.44. The predicted molar refractivity (Wildman–Crippen MR) is 75.4 cm³/mol. The van der Waals surface area contributed by atoms with E-state index in [0.29, 0.717) is 5.92 Å². The number of hydrogen-bond acceptors (Lipinski definition) is 3. The molecule has 0 radical (unpaired) electrons. The molecule has 3 rings (SSSR count). The van der Waals surface area contributed by atoms with Gasteiger partial charge in [-0.3, -0.25) is 0 Å². The van der Waals surface area contributed by atoms with E-state index in [-0.39, 0.29) is 0 Å². The lowest BCUT2D eigenvalue weighted by Crippen LogP contribution is -2.11. The zero-order valence-corrected chi connectivity index (χ0v) is 11.6. The summed E-state index contributed by atoms with van der Waals surface area (Å²) in [5.74, 6) is 4.02. The Balaban J connectivity index is 1.91. The van der Waals surface area contributed by atoms with Crippen LogP contribution in [0.5, 0.6) is 5.75 Å². The predicted octanol–water partition coefficient (Wildman–Crippen LogP) is 3.29. The van der Waals surface area contributed by atoms with Gasteiger partial charge in [0.25, 0.3) is 0 Å². The summed E-state index contributed by atoms with van der Waals surface area (Å²) >= 11 is 2.05. The molecule has 1 N–H and O–H groups in total. The lowest BCUT2D eigenvalue weighted by molar-refractivity contribution is 0.147. The third kappa shape index (κ3) is 2.26. The minimum absolute atomic E-state index is 0.606. The summed E-state index contributed by atoms with van der Waals surface area (Å²) in [5.41, 5.74) is 1.78. The van der Waals surface area contributed by atoms with Crippen LogP contribution in [0.15, 0.2) is 18.2 Å². The first-order chi connectivity index (χ1) is 8.73. The lowest BCUT2D eigenvalue weighted by Gasteiger charge is -2.23. The Morgan fingerprint density at radius 3 is 2.61 bits per heavy atom. The summed E-state index contributed by atoms with van der Waals surface area (Å²) in [4.78, 5) is 0. The van der Waals surface area contributed by atoms with Gasteiger partial charge in [-0.15, -0.1) is 0 Å². The third-order valence-electron chi connectivity index (χ3n) is 4.14. The number of thioether (sulfide) groups is 1. The van der Waals surface area contributed by atoms with Gasteiger partial charge in [0.1, 0.15) is 5.75 Å². The summed E-state index contributed by atoms with van der Waals surface area (Å²) in [6, 6.07) is 6.39. The summed E-state index contributed by atoms with van der Waals surface area (Å²) in [6.45, 7) is 0. The molecule has 1 aromatic rings. The normalized spacial score (nSPS) is 22.8. The molecule has 0 aromatic heterocycles. The van der Waals surface area contributed by atoms with E-state index in [2.05, 4.69) is 12.1 Å². The van der Waals surface area contributed by atoms with Crippen LogP contribution >= 0.6 is 11.8 Å². The van der Waals surface area contributed by atoms with Crippen molar-refractivity contribution in [3.05, 3.63) is 29.3 Å². The zero-order chi connectivity index (χ0) is 12.6. The molecule has 0 amide bonds. The lowest BCUT2D eigenvalue weighted by atomic mass is 9.90. The van der Waals surface area contributed by atoms with Crippen molar-refractivity contribution >= 4 is 11.8 Å². The van der Waals surface area contributed by atoms with Crippen molar-refractivity contribution in [2.75, 3.05) is 18.6 Å². The number of methoxy groups -OCH3 is 1. The molecule has 2 aliphatic rings. The van der Waals surface area contributed by atoms with Gasteiger partial charge in [-0.2, -0.15) is 11.8 Å². The Labute approximate surface area is 113 Å². The average Bonchev–Trinajstić information content (AvgIpc) is 3.18. The Morgan fingerprint density at radius 1 is 1.28 bits per heavy atom. The minimum Gasteiger partial charge on any atom is -0.496 e. The highest BCUT2D eigenvalue weighted by molar-refractivity contribution is 7.99. The second kappa shape index (κ2) is 4.78. The van der Waals surface area contributed by atoms with Gasteiger partial charge < -0.3 is 9.84 Å². The van der Waals surface area contributed by atoms with Gasteiger partial charge in [-0.1, -0.05) is 6.07 Å². The highest BCUT2D eigenvalue weighted by atomic mass is 32.2. The smallest absolute Gasteiger partial charge is 0.124 e. The average molecular weight is 264 g/mol. The Hall–Kier alpha value is -0.670. The van der Waals surface area contributed by atoms with Gasteiger partial charge >= 0.3 is 0 Å². The zero-order valence-electron chi connectivity index (χ0n) is 10.8. The van der Waals surface area contributed by atoms with Gasteiger partial charge in [0.2, 0.25) is 0 Å². The van der Waals surface area contributed by atoms with Crippen LogP contribution in [0, 0.1) is 0 Å². The first-order valence-electron chi connectivity index (χ1n) is 6.71. The van der Waals surface area contributed by atoms with Gasteiger partial charge in [-0.25, -0.2) is 0 Å². The Morgan fingerprint density at radius 2 is 2.00 bits per heavy atom. The van der Waals surface area contributed by atoms with Crippen LogP contribution in [0.2, 0.25) is 0 Å². The van der Waals surface area contributed by atoms with E-state index in [0.717, 1.165) is 24.2 Å². The molecule has 1 aliphatic heterocycles. The molecule has 1 heterocycles. The fourth-order valence-corrected chi connectivity index (χ4v) is 3.87. The molecule has 0 bridgehead atoms. The fourth-order valence-electron chi connectivity index (χ4n) is 2.76. The third-order valence-corrected chi connectivity index (χ3v) is 5.19. The molecule has 0 atom stereocenters. The van der Waals surface area contributed by atoms with E-state index in [1.54, 1.807) is 7.11 Å². The summed E-state index contributed by atoms with van der Waals surface area (Å²) in [5, 5.41) is 10.4. The number of hydrogen-bond donors (Lipinski definition) is 1. The van der Waals surface area contributed by atoms with Crippen LogP contribution in [0.25, 0.3) is 0 Å². The Kier molecular flexibility index (Phi) is 3.29. The molecule has 98 valence electrons. The van der Waals surface area contributed by atoms with Crippen LogP contribution in [0.3, 0.4) is 0 Å². The molecule has 3 heteroatoms. The molecule has 2 nitrogen and oxygen atoms in total. The van der Waals surface area contributed by atoms with E-state index in [4.69, 9.17) is 4.74 Å². The summed E-state index contributed by atoms with van der Waals surface area (Å²) in [6.07, 6.45) is 4.25. The molecule has 1 saturated carbocycles. The van der Waals surface area contributed by atoms with Gasteiger partial charge in [0.15, 0.2) is 0 Å². The molecule has 1 aromatic carbocycles. The van der Waals surface area contributed by atoms with E-state index in [9.17, 15) is 5.11 Å². The maximum absolute atomic E-state index is 10.4. The van der Waals surface area contributed by atoms with E-state index in [1.165, 1.54) is 29.9 Å². The fraction of sp³-hybridized carbons (Fsp3) is 0.600.